The van der Waals surface area contributed by atoms with Gasteiger partial charge < -0.3 is 4.74 Å². The zero-order valence-corrected chi connectivity index (χ0v) is 9.67. The van der Waals surface area contributed by atoms with Crippen LogP contribution >= 0.6 is 0 Å². The van der Waals surface area contributed by atoms with Crippen LogP contribution < -0.4 is 4.74 Å². The Morgan fingerprint density at radius 3 is 2.67 bits per heavy atom. The van der Waals surface area contributed by atoms with Crippen molar-refractivity contribution in [3.05, 3.63) is 40.4 Å². The fourth-order valence-electron chi connectivity index (χ4n) is 1.66. The summed E-state index contributed by atoms with van der Waals surface area (Å²) in [6.07, 6.45) is -0.123. The van der Waals surface area contributed by atoms with Gasteiger partial charge >= 0.3 is 11.7 Å². The molecule has 0 spiro atoms. The second-order valence-electron chi connectivity index (χ2n) is 3.79. The van der Waals surface area contributed by atoms with Crippen LogP contribution in [0, 0.1) is 10.3 Å². The molecule has 92 valence electrons. The van der Waals surface area contributed by atoms with Crippen LogP contribution in [-0.2, 0) is 9.63 Å². The third-order valence-electron chi connectivity index (χ3n) is 2.48. The molecule has 1 aromatic carbocycles. The maximum atomic E-state index is 11.2. The van der Waals surface area contributed by atoms with Crippen molar-refractivity contribution in [3.8, 4) is 5.75 Å². The third-order valence-corrected chi connectivity index (χ3v) is 2.48. The molecule has 1 saturated heterocycles. The van der Waals surface area contributed by atoms with Gasteiger partial charge in [-0.05, 0) is 12.1 Å². The smallest absolute Gasteiger partial charge is 0.357 e. The second kappa shape index (κ2) is 4.81. The molecule has 1 aromatic rings. The molecule has 0 saturated carbocycles. The van der Waals surface area contributed by atoms with Crippen molar-refractivity contribution < 1.29 is 19.3 Å². The van der Waals surface area contributed by atoms with E-state index < -0.39 is 6.10 Å². The van der Waals surface area contributed by atoms with Crippen molar-refractivity contribution >= 4 is 11.8 Å². The van der Waals surface area contributed by atoms with Crippen LogP contribution in [0.25, 0.3) is 0 Å². The highest BCUT2D eigenvalue weighted by Gasteiger charge is 2.39. The minimum atomic E-state index is -0.429. The quantitative estimate of drug-likeness (QED) is 0.491. The number of nitrogens with one attached hydrogen (secondary N) is 1. The highest BCUT2D eigenvalue weighted by molar-refractivity contribution is 5.69. The maximum absolute atomic E-state index is 11.2. The molecule has 0 amide bonds. The first-order chi connectivity index (χ1) is 8.60. The topological polar surface area (TPSA) is 79.5 Å². The summed E-state index contributed by atoms with van der Waals surface area (Å²) >= 11 is 0. The number of carbonyl (C=O) groups is 1. The van der Waals surface area contributed by atoms with E-state index in [1.165, 1.54) is 6.92 Å². The minimum absolute atomic E-state index is 0.157. The number of rotatable bonds is 2. The number of esters is 1. The summed E-state index contributed by atoms with van der Waals surface area (Å²) in [5.41, 5.74) is 0.932. The predicted octanol–water partition coefficient (Wildman–Crippen LogP) is 1.90. The van der Waals surface area contributed by atoms with E-state index in [1.807, 2.05) is 5.87 Å². The molecular weight excluding hydrogens is 236 g/mol. The van der Waals surface area contributed by atoms with Crippen molar-refractivity contribution in [1.82, 2.24) is 0 Å². The minimum Gasteiger partial charge on any atom is -0.427 e. The predicted molar refractivity (Wildman–Crippen MR) is 61.1 cm³/mol. The largest absolute Gasteiger partial charge is 0.427 e. The van der Waals surface area contributed by atoms with E-state index in [9.17, 15) is 9.70 Å². The monoisotopic (exact) mass is 247 g/mol. The van der Waals surface area contributed by atoms with E-state index in [1.54, 1.807) is 24.3 Å². The number of ether oxygens (including phenoxy) is 1. The molecule has 0 aliphatic carbocycles. The highest BCUT2D eigenvalue weighted by atomic mass is 16.8. The van der Waals surface area contributed by atoms with Crippen molar-refractivity contribution in [1.29, 1.82) is 5.41 Å². The fraction of sp³-hybridized carbons (Fsp3) is 0.250. The van der Waals surface area contributed by atoms with E-state index in [4.69, 9.17) is 15.0 Å². The van der Waals surface area contributed by atoms with E-state index in [0.29, 0.717) is 17.1 Å². The highest BCUT2D eigenvalue weighted by Crippen LogP contribution is 2.32. The average molecular weight is 247 g/mol. The molecule has 0 aromatic heterocycles. The summed E-state index contributed by atoms with van der Waals surface area (Å²) in [6.45, 7) is 1.32. The van der Waals surface area contributed by atoms with Crippen LogP contribution in [0.5, 0.6) is 5.75 Å². The second-order valence-corrected chi connectivity index (χ2v) is 3.79. The van der Waals surface area contributed by atoms with Crippen molar-refractivity contribution in [2.24, 2.45) is 0 Å². The lowest BCUT2D eigenvalue weighted by Gasteiger charge is -2.04. The van der Waals surface area contributed by atoms with Crippen LogP contribution in [0.3, 0.4) is 0 Å². The number of nitrogens with zero attached hydrogens (tertiary/aromatic N) is 1. The molecule has 1 aliphatic rings. The third kappa shape index (κ3) is 2.44. The van der Waals surface area contributed by atoms with Crippen molar-refractivity contribution in [2.45, 2.75) is 19.4 Å². The first-order valence-electron chi connectivity index (χ1n) is 5.31. The Labute approximate surface area is 103 Å². The van der Waals surface area contributed by atoms with Gasteiger partial charge in [0.25, 0.3) is 4.92 Å². The number of hydrogen-bond acceptors (Lipinski definition) is 5. The lowest BCUT2D eigenvalue weighted by molar-refractivity contribution is -0.758. The maximum Gasteiger partial charge on any atom is 0.357 e. The summed E-state index contributed by atoms with van der Waals surface area (Å²) in [5, 5.41) is 6.93. The van der Waals surface area contributed by atoms with E-state index >= 15 is 0 Å². The van der Waals surface area contributed by atoms with Crippen LogP contribution in [0.4, 0.5) is 0 Å². The molecule has 0 bridgehead atoms. The Bertz CT molecular complexity index is 544. The van der Waals surface area contributed by atoms with E-state index in [0.717, 1.165) is 5.56 Å². The van der Waals surface area contributed by atoms with Gasteiger partial charge in [-0.2, -0.15) is 0 Å². The lowest BCUT2D eigenvalue weighted by Crippen LogP contribution is -2.02. The Kier molecular flexibility index (Phi) is 3.21. The fourth-order valence-corrected chi connectivity index (χ4v) is 1.66. The molecule has 1 aliphatic heterocycles. The van der Waals surface area contributed by atoms with Crippen LogP contribution in [0.15, 0.2) is 30.0 Å². The van der Waals surface area contributed by atoms with Gasteiger partial charge in [0, 0.05) is 12.5 Å². The normalized spacial score (nSPS) is 18.2. The lowest BCUT2D eigenvalue weighted by atomic mass is 10.1. The standard InChI is InChI=1S/C12H11N2O4/c1-8(15)17-11-4-2-9(3-5-11)12-6-10(7-13)14(16)18-12/h2-5,12-13H,6H2,1H3/q+1. The van der Waals surface area contributed by atoms with Gasteiger partial charge in [0.2, 0.25) is 6.10 Å². The zero-order chi connectivity index (χ0) is 13.1. The Balaban J connectivity index is 2.14. The molecule has 6 nitrogen and oxygen atoms in total. The van der Waals surface area contributed by atoms with Crippen molar-refractivity contribution in [2.75, 3.05) is 0 Å². The summed E-state index contributed by atoms with van der Waals surface area (Å²) in [6, 6.07) is 6.68. The van der Waals surface area contributed by atoms with Crippen LogP contribution in [-0.4, -0.2) is 16.8 Å². The molecule has 1 fully saturated rings. The van der Waals surface area contributed by atoms with Crippen LogP contribution in [0.1, 0.15) is 25.0 Å². The van der Waals surface area contributed by atoms with E-state index in [2.05, 4.69) is 0 Å². The van der Waals surface area contributed by atoms with Gasteiger partial charge in [0.05, 0.1) is 10.8 Å². The molecule has 1 N–H and O–H groups in total. The number of benzene rings is 1. The molecule has 1 atom stereocenters. The van der Waals surface area contributed by atoms with Gasteiger partial charge in [-0.15, -0.1) is 0 Å². The van der Waals surface area contributed by atoms with Gasteiger partial charge in [0.15, 0.2) is 0 Å². The summed E-state index contributed by atoms with van der Waals surface area (Å²) < 4.78 is 4.90. The van der Waals surface area contributed by atoms with Crippen molar-refractivity contribution in [3.63, 3.8) is 0 Å². The Morgan fingerprint density at radius 2 is 2.17 bits per heavy atom. The summed E-state index contributed by atoms with van der Waals surface area (Å²) in [5.74, 6) is 2.08. The molecule has 6 heteroatoms. The zero-order valence-electron chi connectivity index (χ0n) is 9.67. The molecule has 1 heterocycles. The first-order valence-corrected chi connectivity index (χ1v) is 5.31. The summed E-state index contributed by atoms with van der Waals surface area (Å²) in [7, 11) is 0. The molecule has 0 radical (unpaired) electrons. The molecule has 1 unspecified atom stereocenters. The first kappa shape index (κ1) is 12.0. The summed E-state index contributed by atoms with van der Waals surface area (Å²) in [4.78, 5) is 27.3. The molecule has 18 heavy (non-hydrogen) atoms. The average Bonchev–Trinajstić information content (AvgIpc) is 2.71. The number of carbonyl (C=O) groups excluding carboxylic acids is 1. The Morgan fingerprint density at radius 1 is 1.50 bits per heavy atom. The van der Waals surface area contributed by atoms with E-state index in [-0.39, 0.29) is 11.7 Å². The van der Waals surface area contributed by atoms with Crippen LogP contribution in [0.2, 0.25) is 0 Å². The van der Waals surface area contributed by atoms with Gasteiger partial charge in [-0.25, -0.2) is 4.84 Å². The number of hydrogen-bond donors (Lipinski definition) is 1. The molecule has 2 rings (SSSR count). The Hall–Kier alpha value is -2.46. The SMILES string of the molecule is CC(=O)Oc1ccc(C2CC(=C=N)[N+](=O)O2)cc1. The van der Waals surface area contributed by atoms with Gasteiger partial charge in [-0.1, -0.05) is 12.1 Å². The van der Waals surface area contributed by atoms with Gasteiger partial charge in [0.1, 0.15) is 12.2 Å². The van der Waals surface area contributed by atoms with Gasteiger partial charge in [-0.3, -0.25) is 10.2 Å². The molecular formula is C12H11N2O4+.